The number of aromatic nitrogens is 1. The van der Waals surface area contributed by atoms with Crippen LogP contribution in [0.25, 0.3) is 5.57 Å². The molecule has 1 aliphatic carbocycles. The molecule has 1 aromatic rings. The highest BCUT2D eigenvalue weighted by atomic mass is 19.1. The maximum Gasteiger partial charge on any atom is 0.214 e. The molecule has 3 nitrogen and oxygen atoms in total. The Kier molecular flexibility index (Phi) is 8.29. The van der Waals surface area contributed by atoms with Crippen molar-refractivity contribution in [2.45, 2.75) is 33.1 Å². The van der Waals surface area contributed by atoms with E-state index in [1.54, 1.807) is 19.1 Å². The molecule has 1 heterocycles. The van der Waals surface area contributed by atoms with Crippen LogP contribution in [0.2, 0.25) is 0 Å². The molecule has 0 fully saturated rings. The summed E-state index contributed by atoms with van der Waals surface area (Å²) in [6.45, 7) is 6.78. The average Bonchev–Trinajstić information content (AvgIpc) is 2.71. The molecule has 5 heteroatoms. The van der Waals surface area contributed by atoms with Gasteiger partial charge in [0.15, 0.2) is 0 Å². The molecule has 0 amide bonds. The molecule has 0 aliphatic heterocycles. The molecule has 0 saturated carbocycles. The maximum absolute atomic E-state index is 14.2. The molecule has 1 aromatic heterocycles. The number of allylic oxidation sites excluding steroid dienone is 9. The lowest BCUT2D eigenvalue weighted by molar-refractivity contribution is 0.335. The minimum Gasteiger partial charge on any atom is -0.473 e. The predicted molar refractivity (Wildman–Crippen MR) is 112 cm³/mol. The predicted octanol–water partition coefficient (Wildman–Crippen LogP) is 6.71. The Morgan fingerprint density at radius 3 is 2.83 bits per heavy atom. The number of ether oxygens (including phenoxy) is 1. The summed E-state index contributed by atoms with van der Waals surface area (Å²) < 4.78 is 33.4. The highest BCUT2D eigenvalue weighted by Gasteiger charge is 2.10. The van der Waals surface area contributed by atoms with E-state index in [4.69, 9.17) is 10.00 Å². The second kappa shape index (κ2) is 10.9. The van der Waals surface area contributed by atoms with Crippen molar-refractivity contribution in [3.8, 4) is 11.9 Å². The Morgan fingerprint density at radius 1 is 1.34 bits per heavy atom. The van der Waals surface area contributed by atoms with Gasteiger partial charge >= 0.3 is 0 Å². The third-order valence-electron chi connectivity index (χ3n) is 4.40. The molecule has 0 aromatic carbocycles. The lowest BCUT2D eigenvalue weighted by atomic mass is 10.0. The van der Waals surface area contributed by atoms with E-state index >= 15 is 0 Å². The summed E-state index contributed by atoms with van der Waals surface area (Å²) in [6, 6.07) is 7.26. The molecular formula is C24H24F2N2O. The van der Waals surface area contributed by atoms with E-state index < -0.39 is 5.83 Å². The molecule has 1 aliphatic rings. The first-order valence-corrected chi connectivity index (χ1v) is 9.40. The summed E-state index contributed by atoms with van der Waals surface area (Å²) in [5, 5.41) is 8.79. The van der Waals surface area contributed by atoms with Crippen molar-refractivity contribution in [3.63, 3.8) is 0 Å². The van der Waals surface area contributed by atoms with Gasteiger partial charge in [0.2, 0.25) is 5.88 Å². The van der Waals surface area contributed by atoms with Crippen LogP contribution in [0.3, 0.4) is 0 Å². The minimum atomic E-state index is -0.634. The monoisotopic (exact) mass is 394 g/mol. The third-order valence-corrected chi connectivity index (χ3v) is 4.40. The molecule has 150 valence electrons. The molecule has 0 radical (unpaired) electrons. The first-order valence-electron chi connectivity index (χ1n) is 9.40. The average molecular weight is 394 g/mol. The minimum absolute atomic E-state index is 0.0723. The number of pyridine rings is 1. The van der Waals surface area contributed by atoms with Crippen molar-refractivity contribution in [1.82, 2.24) is 4.98 Å². The summed E-state index contributed by atoms with van der Waals surface area (Å²) in [7, 11) is 0. The van der Waals surface area contributed by atoms with Crippen molar-refractivity contribution in [2.24, 2.45) is 0 Å². The summed E-state index contributed by atoms with van der Waals surface area (Å²) in [5.74, 6) is -0.442. The first kappa shape index (κ1) is 22.0. The fraction of sp³-hybridized carbons (Fsp3) is 0.250. The standard InChI is InChI=1S/C24H24F2N2O/c1-4-19-7-5-8-20(13-14-22(19)26)23-9-6-10-24(28-23)29-16-21(18(3)25)12-11-17(2)15-27/h5-7,9-13H,3-4,8,14,16H2,1-2H3/b7-5-,17-11+,20-13+,21-12-,22-19+. The van der Waals surface area contributed by atoms with E-state index in [2.05, 4.69) is 11.6 Å². The lowest BCUT2D eigenvalue weighted by Gasteiger charge is -2.11. The number of hydrogen-bond donors (Lipinski definition) is 0. The summed E-state index contributed by atoms with van der Waals surface area (Å²) in [4.78, 5) is 4.47. The molecule has 0 spiro atoms. The van der Waals surface area contributed by atoms with Crippen molar-refractivity contribution >= 4 is 5.57 Å². The van der Waals surface area contributed by atoms with Crippen molar-refractivity contribution < 1.29 is 13.5 Å². The smallest absolute Gasteiger partial charge is 0.214 e. The SMILES string of the molecule is C=C(F)/C(=C\C=C(/C)C#N)COc1cccc(/C2=C/C/C(F)=C(CC)\C=C/C2)n1. The Labute approximate surface area is 170 Å². The highest BCUT2D eigenvalue weighted by molar-refractivity contribution is 5.65. The molecule has 0 N–H and O–H groups in total. The number of nitriles is 1. The number of hydrogen-bond acceptors (Lipinski definition) is 3. The van der Waals surface area contributed by atoms with Crippen LogP contribution in [-0.2, 0) is 0 Å². The van der Waals surface area contributed by atoms with Crippen LogP contribution >= 0.6 is 0 Å². The van der Waals surface area contributed by atoms with E-state index in [1.807, 2.05) is 37.3 Å². The van der Waals surface area contributed by atoms with Crippen LogP contribution in [-0.4, -0.2) is 11.6 Å². The number of rotatable bonds is 7. The number of halogens is 2. The Bertz CT molecular complexity index is 959. The van der Waals surface area contributed by atoms with Gasteiger partial charge in [-0.2, -0.15) is 5.26 Å². The summed E-state index contributed by atoms with van der Waals surface area (Å²) >= 11 is 0. The van der Waals surface area contributed by atoms with Crippen molar-refractivity contribution in [1.29, 1.82) is 5.26 Å². The van der Waals surface area contributed by atoms with E-state index in [9.17, 15) is 8.78 Å². The zero-order valence-corrected chi connectivity index (χ0v) is 16.7. The summed E-state index contributed by atoms with van der Waals surface area (Å²) in [6.07, 6.45) is 10.1. The lowest BCUT2D eigenvalue weighted by Crippen LogP contribution is -2.04. The Hall–Kier alpha value is -3.26. The molecule has 0 unspecified atom stereocenters. The van der Waals surface area contributed by atoms with Crippen molar-refractivity contribution in [3.05, 3.63) is 89.2 Å². The van der Waals surface area contributed by atoms with Gasteiger partial charge in [0.05, 0.1) is 11.8 Å². The van der Waals surface area contributed by atoms with E-state index in [-0.39, 0.29) is 24.4 Å². The van der Waals surface area contributed by atoms with Crippen LogP contribution < -0.4 is 4.74 Å². The van der Waals surface area contributed by atoms with Gasteiger partial charge in [0.25, 0.3) is 0 Å². The van der Waals surface area contributed by atoms with Crippen LogP contribution in [0, 0.1) is 11.3 Å². The van der Waals surface area contributed by atoms with Crippen molar-refractivity contribution in [2.75, 3.05) is 6.61 Å². The molecule has 2 rings (SSSR count). The van der Waals surface area contributed by atoms with Crippen LogP contribution in [0.5, 0.6) is 5.88 Å². The van der Waals surface area contributed by atoms with Gasteiger partial charge in [-0.1, -0.05) is 43.9 Å². The summed E-state index contributed by atoms with van der Waals surface area (Å²) in [5.41, 5.74) is 2.97. The quantitative estimate of drug-likeness (QED) is 0.381. The van der Waals surface area contributed by atoms with E-state index in [0.717, 1.165) is 11.1 Å². The molecule has 0 saturated heterocycles. The van der Waals surface area contributed by atoms with E-state index in [1.165, 1.54) is 12.2 Å². The Morgan fingerprint density at radius 2 is 2.14 bits per heavy atom. The van der Waals surface area contributed by atoms with Gasteiger partial charge in [0, 0.05) is 23.6 Å². The normalized spacial score (nSPS) is 20.7. The molecule has 29 heavy (non-hydrogen) atoms. The first-order chi connectivity index (χ1) is 13.9. The van der Waals surface area contributed by atoms with Crippen LogP contribution in [0.4, 0.5) is 8.78 Å². The second-order valence-electron chi connectivity index (χ2n) is 6.53. The van der Waals surface area contributed by atoms with Gasteiger partial charge in [-0.15, -0.1) is 0 Å². The fourth-order valence-corrected chi connectivity index (χ4v) is 2.67. The molecule has 0 bridgehead atoms. The number of nitrogens with zero attached hydrogens (tertiary/aromatic N) is 2. The molecular weight excluding hydrogens is 370 g/mol. The van der Waals surface area contributed by atoms with Gasteiger partial charge < -0.3 is 4.74 Å². The zero-order valence-electron chi connectivity index (χ0n) is 16.7. The largest absolute Gasteiger partial charge is 0.473 e. The van der Waals surface area contributed by atoms with Gasteiger partial charge in [-0.25, -0.2) is 13.8 Å². The molecule has 0 atom stereocenters. The highest BCUT2D eigenvalue weighted by Crippen LogP contribution is 2.26. The zero-order chi connectivity index (χ0) is 21.2. The fourth-order valence-electron chi connectivity index (χ4n) is 2.67. The van der Waals surface area contributed by atoms with Crippen LogP contribution in [0.15, 0.2) is 83.5 Å². The van der Waals surface area contributed by atoms with Gasteiger partial charge in [-0.05, 0) is 43.1 Å². The topological polar surface area (TPSA) is 45.9 Å². The van der Waals surface area contributed by atoms with Crippen LogP contribution in [0.1, 0.15) is 38.8 Å². The van der Waals surface area contributed by atoms with E-state index in [0.29, 0.717) is 30.0 Å². The Balaban J connectivity index is 2.16. The van der Waals surface area contributed by atoms with Gasteiger partial charge in [0.1, 0.15) is 18.3 Å². The van der Waals surface area contributed by atoms with Gasteiger partial charge in [-0.3, -0.25) is 0 Å². The third kappa shape index (κ3) is 6.69. The maximum atomic E-state index is 14.2. The second-order valence-corrected chi connectivity index (χ2v) is 6.53.